The lowest BCUT2D eigenvalue weighted by Gasteiger charge is -2.31. The molecular formula is C20H25N3O5. The number of amides is 3. The molecule has 2 fully saturated rings. The molecule has 1 N–H and O–H groups in total. The van der Waals surface area contributed by atoms with E-state index in [1.165, 1.54) is 0 Å². The van der Waals surface area contributed by atoms with Crippen molar-refractivity contribution in [3.8, 4) is 6.07 Å². The van der Waals surface area contributed by atoms with Crippen LogP contribution in [0.3, 0.4) is 0 Å². The minimum absolute atomic E-state index is 0.0345. The van der Waals surface area contributed by atoms with Gasteiger partial charge in [-0.2, -0.15) is 5.26 Å². The maximum atomic E-state index is 12.3. The van der Waals surface area contributed by atoms with Crippen molar-refractivity contribution in [2.75, 3.05) is 13.2 Å². The summed E-state index contributed by atoms with van der Waals surface area (Å²) in [4.78, 5) is 49.8. The van der Waals surface area contributed by atoms with Gasteiger partial charge in [0, 0.05) is 6.54 Å². The highest BCUT2D eigenvalue weighted by Crippen LogP contribution is 2.35. The zero-order valence-electron chi connectivity index (χ0n) is 15.8. The average molecular weight is 387 g/mol. The number of nitrogens with one attached hydrogen (secondary N) is 1. The number of imide groups is 1. The SMILES string of the molecule is N#CC1(NC(=O)COC(=O)CCN2C(=O)[C@@H]3CC=CC[C@H]3C2=O)CCCCC1. The van der Waals surface area contributed by atoms with Crippen LogP contribution in [0.4, 0.5) is 0 Å². The van der Waals surface area contributed by atoms with Gasteiger partial charge >= 0.3 is 5.97 Å². The number of nitrogens with zero attached hydrogens (tertiary/aromatic N) is 2. The first-order valence-corrected chi connectivity index (χ1v) is 9.84. The molecule has 0 unspecified atom stereocenters. The van der Waals surface area contributed by atoms with Gasteiger partial charge in [0.05, 0.1) is 24.3 Å². The summed E-state index contributed by atoms with van der Waals surface area (Å²) in [5.74, 6) is -2.29. The van der Waals surface area contributed by atoms with Crippen molar-refractivity contribution in [1.29, 1.82) is 5.26 Å². The van der Waals surface area contributed by atoms with Crippen LogP contribution in [-0.4, -0.2) is 47.3 Å². The summed E-state index contributed by atoms with van der Waals surface area (Å²) in [6.07, 6.45) is 8.76. The first kappa shape index (κ1) is 20.1. The van der Waals surface area contributed by atoms with Gasteiger partial charge in [0.2, 0.25) is 11.8 Å². The Hall–Kier alpha value is -2.69. The molecule has 0 bridgehead atoms. The fourth-order valence-electron chi connectivity index (χ4n) is 4.23. The average Bonchev–Trinajstić information content (AvgIpc) is 2.96. The van der Waals surface area contributed by atoms with E-state index in [2.05, 4.69) is 11.4 Å². The van der Waals surface area contributed by atoms with Gasteiger partial charge in [-0.25, -0.2) is 0 Å². The fourth-order valence-corrected chi connectivity index (χ4v) is 4.23. The standard InChI is InChI=1S/C20H25N3O5/c21-13-20(9-4-1-5-10-20)22-16(24)12-28-17(25)8-11-23-18(26)14-6-2-3-7-15(14)19(23)27/h2-3,14-15H,1,4-12H2,(H,22,24)/t14-,15-/m1/s1. The van der Waals surface area contributed by atoms with E-state index in [1.807, 2.05) is 12.2 Å². The van der Waals surface area contributed by atoms with Crippen LogP contribution < -0.4 is 5.32 Å². The number of carbonyl (C=O) groups excluding carboxylic acids is 4. The number of allylic oxidation sites excluding steroid dienone is 2. The minimum atomic E-state index is -0.875. The number of esters is 1. The van der Waals surface area contributed by atoms with Crippen LogP contribution >= 0.6 is 0 Å². The zero-order chi connectivity index (χ0) is 20.1. The maximum absolute atomic E-state index is 12.3. The third-order valence-electron chi connectivity index (χ3n) is 5.80. The minimum Gasteiger partial charge on any atom is -0.456 e. The highest BCUT2D eigenvalue weighted by atomic mass is 16.5. The topological polar surface area (TPSA) is 117 Å². The lowest BCUT2D eigenvalue weighted by Crippen LogP contribution is -2.50. The molecule has 3 amide bonds. The molecule has 1 saturated carbocycles. The molecule has 3 rings (SSSR count). The third kappa shape index (κ3) is 4.24. The molecule has 1 aliphatic heterocycles. The Balaban J connectivity index is 1.42. The molecule has 0 aromatic carbocycles. The summed E-state index contributed by atoms with van der Waals surface area (Å²) < 4.78 is 4.96. The van der Waals surface area contributed by atoms with Gasteiger partial charge in [0.1, 0.15) is 5.54 Å². The van der Waals surface area contributed by atoms with Crippen molar-refractivity contribution in [3.63, 3.8) is 0 Å². The highest BCUT2D eigenvalue weighted by molar-refractivity contribution is 6.05. The summed E-state index contributed by atoms with van der Waals surface area (Å²) in [6.45, 7) is -0.507. The fraction of sp³-hybridized carbons (Fsp3) is 0.650. The Morgan fingerprint density at radius 2 is 1.75 bits per heavy atom. The van der Waals surface area contributed by atoms with Gasteiger partial charge in [-0.3, -0.25) is 24.1 Å². The molecule has 0 spiro atoms. The largest absolute Gasteiger partial charge is 0.456 e. The number of rotatable bonds is 6. The van der Waals surface area contributed by atoms with Crippen LogP contribution in [0.15, 0.2) is 12.2 Å². The Bertz CT molecular complexity index is 707. The van der Waals surface area contributed by atoms with Crippen LogP contribution in [0, 0.1) is 23.2 Å². The van der Waals surface area contributed by atoms with E-state index in [4.69, 9.17) is 4.74 Å². The molecular weight excluding hydrogens is 362 g/mol. The quantitative estimate of drug-likeness (QED) is 0.416. The number of hydrogen-bond donors (Lipinski definition) is 1. The number of nitriles is 1. The van der Waals surface area contributed by atoms with E-state index in [-0.39, 0.29) is 36.6 Å². The summed E-state index contributed by atoms with van der Waals surface area (Å²) in [5, 5.41) is 12.0. The molecule has 28 heavy (non-hydrogen) atoms. The van der Waals surface area contributed by atoms with Crippen LogP contribution in [0.25, 0.3) is 0 Å². The zero-order valence-corrected chi connectivity index (χ0v) is 15.8. The van der Waals surface area contributed by atoms with Crippen molar-refractivity contribution >= 4 is 23.7 Å². The van der Waals surface area contributed by atoms with Crippen LogP contribution in [-0.2, 0) is 23.9 Å². The normalized spacial score (nSPS) is 25.8. The number of fused-ring (bicyclic) bond motifs is 1. The first-order valence-electron chi connectivity index (χ1n) is 9.84. The summed E-state index contributed by atoms with van der Waals surface area (Å²) in [5.41, 5.74) is -0.875. The number of likely N-dealkylation sites (tertiary alicyclic amines) is 1. The molecule has 1 saturated heterocycles. The lowest BCUT2D eigenvalue weighted by atomic mass is 9.83. The Kier molecular flexibility index (Phi) is 6.12. The molecule has 1 heterocycles. The van der Waals surface area contributed by atoms with Gasteiger partial charge in [0.15, 0.2) is 6.61 Å². The predicted molar refractivity (Wildman–Crippen MR) is 97.2 cm³/mol. The van der Waals surface area contributed by atoms with E-state index in [9.17, 15) is 24.4 Å². The molecule has 2 aliphatic carbocycles. The van der Waals surface area contributed by atoms with Gasteiger partial charge in [-0.05, 0) is 25.7 Å². The van der Waals surface area contributed by atoms with E-state index >= 15 is 0 Å². The van der Waals surface area contributed by atoms with Gasteiger partial charge in [-0.1, -0.05) is 31.4 Å². The van der Waals surface area contributed by atoms with Crippen molar-refractivity contribution < 1.29 is 23.9 Å². The summed E-state index contributed by atoms with van der Waals surface area (Å²) in [7, 11) is 0. The summed E-state index contributed by atoms with van der Waals surface area (Å²) >= 11 is 0. The van der Waals surface area contributed by atoms with Crippen molar-refractivity contribution in [2.45, 2.75) is 56.9 Å². The number of carbonyl (C=O) groups is 4. The van der Waals surface area contributed by atoms with E-state index in [1.54, 1.807) is 0 Å². The summed E-state index contributed by atoms with van der Waals surface area (Å²) in [6, 6.07) is 2.17. The van der Waals surface area contributed by atoms with Crippen LogP contribution in [0.5, 0.6) is 0 Å². The molecule has 0 radical (unpaired) electrons. The van der Waals surface area contributed by atoms with Gasteiger partial charge in [-0.15, -0.1) is 0 Å². The second kappa shape index (κ2) is 8.55. The molecule has 150 valence electrons. The molecule has 3 aliphatic rings. The van der Waals surface area contributed by atoms with Crippen LogP contribution in [0.2, 0.25) is 0 Å². The van der Waals surface area contributed by atoms with E-state index in [0.717, 1.165) is 24.2 Å². The van der Waals surface area contributed by atoms with Crippen molar-refractivity contribution in [1.82, 2.24) is 10.2 Å². The van der Waals surface area contributed by atoms with Crippen molar-refractivity contribution in [2.24, 2.45) is 11.8 Å². The Labute approximate surface area is 163 Å². The predicted octanol–water partition coefficient (Wildman–Crippen LogP) is 1.21. The van der Waals surface area contributed by atoms with Crippen LogP contribution in [0.1, 0.15) is 51.4 Å². The van der Waals surface area contributed by atoms with Gasteiger partial charge in [0.25, 0.3) is 5.91 Å². The second-order valence-corrected chi connectivity index (χ2v) is 7.70. The smallest absolute Gasteiger partial charge is 0.308 e. The Morgan fingerprint density at radius 3 is 2.32 bits per heavy atom. The number of hydrogen-bond acceptors (Lipinski definition) is 6. The number of ether oxygens (including phenoxy) is 1. The molecule has 0 aromatic rings. The van der Waals surface area contributed by atoms with Gasteiger partial charge < -0.3 is 10.1 Å². The molecule has 0 aromatic heterocycles. The second-order valence-electron chi connectivity index (χ2n) is 7.70. The third-order valence-corrected chi connectivity index (χ3v) is 5.80. The van der Waals surface area contributed by atoms with E-state index in [0.29, 0.717) is 25.7 Å². The van der Waals surface area contributed by atoms with Crippen molar-refractivity contribution in [3.05, 3.63) is 12.2 Å². The van der Waals surface area contributed by atoms with E-state index < -0.39 is 24.0 Å². The molecule has 8 nitrogen and oxygen atoms in total. The molecule has 8 heteroatoms. The Morgan fingerprint density at radius 1 is 1.14 bits per heavy atom. The monoisotopic (exact) mass is 387 g/mol. The lowest BCUT2D eigenvalue weighted by molar-refractivity contribution is -0.150. The molecule has 2 atom stereocenters. The first-order chi connectivity index (χ1) is 13.5. The maximum Gasteiger partial charge on any atom is 0.308 e. The highest BCUT2D eigenvalue weighted by Gasteiger charge is 2.47.